The molecule has 0 saturated carbocycles. The molecule has 0 aliphatic rings. The molecule has 0 spiro atoms. The number of hydrogen-bond donors (Lipinski definition) is 2. The molecule has 0 bridgehead atoms. The molecule has 1 amide bonds. The highest BCUT2D eigenvalue weighted by Gasteiger charge is 2.14. The summed E-state index contributed by atoms with van der Waals surface area (Å²) in [6.45, 7) is 6.01. The van der Waals surface area contributed by atoms with Crippen molar-refractivity contribution in [3.8, 4) is 11.1 Å². The fourth-order valence-electron chi connectivity index (χ4n) is 3.22. The first-order valence-electron chi connectivity index (χ1n) is 9.49. The van der Waals surface area contributed by atoms with Crippen molar-refractivity contribution in [1.82, 2.24) is 9.97 Å². The normalized spacial score (nSPS) is 11.0. The van der Waals surface area contributed by atoms with Gasteiger partial charge in [0, 0.05) is 16.6 Å². The first-order chi connectivity index (χ1) is 14.4. The molecule has 5 nitrogen and oxygen atoms in total. The number of anilines is 1. The van der Waals surface area contributed by atoms with E-state index in [0.717, 1.165) is 27.9 Å². The molecular formula is C23H21N3O2S2. The molecule has 0 saturated heterocycles. The Bertz CT molecular complexity index is 1290. The number of rotatable bonds is 5. The second-order valence-electron chi connectivity index (χ2n) is 7.22. The van der Waals surface area contributed by atoms with Gasteiger partial charge in [-0.15, -0.1) is 11.3 Å². The molecule has 152 valence electrons. The topological polar surface area (TPSA) is 74.8 Å². The molecule has 4 rings (SSSR count). The van der Waals surface area contributed by atoms with Crippen molar-refractivity contribution < 1.29 is 4.79 Å². The minimum Gasteiger partial charge on any atom is -0.325 e. The zero-order chi connectivity index (χ0) is 21.3. The van der Waals surface area contributed by atoms with Crippen LogP contribution in [-0.2, 0) is 4.79 Å². The van der Waals surface area contributed by atoms with E-state index in [0.29, 0.717) is 15.4 Å². The quantitative estimate of drug-likeness (QED) is 0.329. The van der Waals surface area contributed by atoms with E-state index >= 15 is 0 Å². The van der Waals surface area contributed by atoms with Crippen molar-refractivity contribution in [3.05, 3.63) is 74.9 Å². The molecule has 2 N–H and O–H groups in total. The predicted octanol–water partition coefficient (Wildman–Crippen LogP) is 5.31. The van der Waals surface area contributed by atoms with Gasteiger partial charge in [-0.05, 0) is 38.0 Å². The zero-order valence-electron chi connectivity index (χ0n) is 16.9. The molecule has 2 aromatic carbocycles. The monoisotopic (exact) mass is 435 g/mol. The molecule has 2 heterocycles. The number of aryl methyl sites for hydroxylation is 3. The van der Waals surface area contributed by atoms with Gasteiger partial charge in [-0.3, -0.25) is 9.59 Å². The standard InChI is InChI=1S/C23H21N3O2S2/c1-13-4-7-16(8-5-13)17-11-29-22-20(17)21(28)25-23(26-22)30-12-19(27)24-18-9-6-14(2)10-15(18)3/h4-11H,12H2,1-3H3,(H,24,27)(H,25,26,28). The number of carbonyl (C=O) groups excluding carboxylic acids is 1. The van der Waals surface area contributed by atoms with Crippen molar-refractivity contribution in [3.63, 3.8) is 0 Å². The number of benzene rings is 2. The van der Waals surface area contributed by atoms with E-state index in [1.165, 1.54) is 28.7 Å². The smallest absolute Gasteiger partial charge is 0.260 e. The Hall–Kier alpha value is -2.90. The lowest BCUT2D eigenvalue weighted by molar-refractivity contribution is -0.113. The van der Waals surface area contributed by atoms with E-state index in [2.05, 4.69) is 15.3 Å². The second kappa shape index (κ2) is 8.45. The average molecular weight is 436 g/mol. The molecule has 0 aliphatic carbocycles. The Morgan fingerprint density at radius 3 is 2.57 bits per heavy atom. The van der Waals surface area contributed by atoms with Gasteiger partial charge in [0.1, 0.15) is 4.83 Å². The van der Waals surface area contributed by atoms with Gasteiger partial charge in [0.25, 0.3) is 5.56 Å². The van der Waals surface area contributed by atoms with Crippen LogP contribution in [0.3, 0.4) is 0 Å². The summed E-state index contributed by atoms with van der Waals surface area (Å²) < 4.78 is 0. The SMILES string of the molecule is Cc1ccc(-c2csc3nc(SCC(=O)Nc4ccc(C)cc4C)[nH]c(=O)c23)cc1. The Labute approximate surface area is 182 Å². The van der Waals surface area contributed by atoms with Gasteiger partial charge in [0.15, 0.2) is 5.16 Å². The highest BCUT2D eigenvalue weighted by atomic mass is 32.2. The van der Waals surface area contributed by atoms with Crippen LogP contribution in [0.15, 0.2) is 57.8 Å². The molecule has 0 radical (unpaired) electrons. The van der Waals surface area contributed by atoms with E-state index in [1.54, 1.807) is 0 Å². The van der Waals surface area contributed by atoms with Gasteiger partial charge in [-0.25, -0.2) is 4.98 Å². The van der Waals surface area contributed by atoms with Crippen LogP contribution in [0.4, 0.5) is 5.69 Å². The number of hydrogen-bond acceptors (Lipinski definition) is 5. The summed E-state index contributed by atoms with van der Waals surface area (Å²) in [4.78, 5) is 33.1. The molecule has 0 unspecified atom stereocenters. The predicted molar refractivity (Wildman–Crippen MR) is 126 cm³/mol. The fraction of sp³-hybridized carbons (Fsp3) is 0.174. The van der Waals surface area contributed by atoms with Crippen molar-refractivity contribution in [2.45, 2.75) is 25.9 Å². The number of amides is 1. The number of nitrogens with zero attached hydrogens (tertiary/aromatic N) is 1. The third-order valence-corrected chi connectivity index (χ3v) is 6.53. The Morgan fingerprint density at radius 2 is 1.83 bits per heavy atom. The Morgan fingerprint density at radius 1 is 1.10 bits per heavy atom. The number of nitrogens with one attached hydrogen (secondary N) is 2. The molecule has 7 heteroatoms. The summed E-state index contributed by atoms with van der Waals surface area (Å²) in [6, 6.07) is 14.0. The summed E-state index contributed by atoms with van der Waals surface area (Å²) in [7, 11) is 0. The van der Waals surface area contributed by atoms with E-state index in [1.807, 2.05) is 68.6 Å². The van der Waals surface area contributed by atoms with Crippen LogP contribution in [0.5, 0.6) is 0 Å². The van der Waals surface area contributed by atoms with Crippen molar-refractivity contribution in [2.75, 3.05) is 11.1 Å². The molecular weight excluding hydrogens is 414 g/mol. The van der Waals surface area contributed by atoms with Gasteiger partial charge >= 0.3 is 0 Å². The minimum atomic E-state index is -0.186. The van der Waals surface area contributed by atoms with Crippen molar-refractivity contribution >= 4 is 44.9 Å². The van der Waals surface area contributed by atoms with Crippen LogP contribution >= 0.6 is 23.1 Å². The highest BCUT2D eigenvalue weighted by Crippen LogP contribution is 2.31. The Kier molecular flexibility index (Phi) is 5.74. The lowest BCUT2D eigenvalue weighted by Crippen LogP contribution is -2.16. The fourth-order valence-corrected chi connectivity index (χ4v) is 4.88. The first-order valence-corrected chi connectivity index (χ1v) is 11.4. The average Bonchev–Trinajstić information content (AvgIpc) is 3.14. The number of H-pyrrole nitrogens is 1. The molecule has 0 aliphatic heterocycles. The van der Waals surface area contributed by atoms with Crippen LogP contribution in [0.2, 0.25) is 0 Å². The maximum absolute atomic E-state index is 12.7. The number of aromatic amines is 1. The van der Waals surface area contributed by atoms with Gasteiger partial charge in [-0.1, -0.05) is 59.3 Å². The summed E-state index contributed by atoms with van der Waals surface area (Å²) in [5.41, 5.74) is 5.82. The summed E-state index contributed by atoms with van der Waals surface area (Å²) in [5, 5.41) is 5.91. The molecule has 30 heavy (non-hydrogen) atoms. The van der Waals surface area contributed by atoms with Crippen LogP contribution < -0.4 is 10.9 Å². The van der Waals surface area contributed by atoms with Gasteiger partial charge in [0.05, 0.1) is 11.1 Å². The minimum absolute atomic E-state index is 0.138. The zero-order valence-corrected chi connectivity index (χ0v) is 18.5. The molecule has 0 atom stereocenters. The Balaban J connectivity index is 1.51. The highest BCUT2D eigenvalue weighted by molar-refractivity contribution is 7.99. The number of carbonyl (C=O) groups is 1. The molecule has 2 aromatic heterocycles. The van der Waals surface area contributed by atoms with Crippen LogP contribution in [0.1, 0.15) is 16.7 Å². The van der Waals surface area contributed by atoms with E-state index < -0.39 is 0 Å². The van der Waals surface area contributed by atoms with E-state index in [-0.39, 0.29) is 17.2 Å². The van der Waals surface area contributed by atoms with Crippen LogP contribution in [0.25, 0.3) is 21.3 Å². The van der Waals surface area contributed by atoms with E-state index in [4.69, 9.17) is 0 Å². The maximum Gasteiger partial charge on any atom is 0.260 e. The number of fused-ring (bicyclic) bond motifs is 1. The molecule has 0 fully saturated rings. The van der Waals surface area contributed by atoms with Crippen LogP contribution in [0, 0.1) is 20.8 Å². The summed E-state index contributed by atoms with van der Waals surface area (Å²) in [6.07, 6.45) is 0. The summed E-state index contributed by atoms with van der Waals surface area (Å²) in [5.74, 6) is 0.0269. The number of thioether (sulfide) groups is 1. The summed E-state index contributed by atoms with van der Waals surface area (Å²) >= 11 is 2.66. The van der Waals surface area contributed by atoms with Gasteiger partial charge in [0.2, 0.25) is 5.91 Å². The maximum atomic E-state index is 12.7. The third-order valence-electron chi connectivity index (χ3n) is 4.78. The van der Waals surface area contributed by atoms with Gasteiger partial charge < -0.3 is 10.3 Å². The van der Waals surface area contributed by atoms with Crippen LogP contribution in [-0.4, -0.2) is 21.6 Å². The second-order valence-corrected chi connectivity index (χ2v) is 9.04. The number of thiophene rings is 1. The number of aromatic nitrogens is 2. The third kappa shape index (κ3) is 4.32. The molecule has 4 aromatic rings. The van der Waals surface area contributed by atoms with Crippen molar-refractivity contribution in [1.29, 1.82) is 0 Å². The first kappa shape index (κ1) is 20.4. The lowest BCUT2D eigenvalue weighted by atomic mass is 10.1. The van der Waals surface area contributed by atoms with Gasteiger partial charge in [-0.2, -0.15) is 0 Å². The van der Waals surface area contributed by atoms with E-state index in [9.17, 15) is 9.59 Å². The lowest BCUT2D eigenvalue weighted by Gasteiger charge is -2.09. The van der Waals surface area contributed by atoms with Crippen molar-refractivity contribution in [2.24, 2.45) is 0 Å². The largest absolute Gasteiger partial charge is 0.325 e.